The van der Waals surface area contributed by atoms with Crippen LogP contribution in [0.4, 0.5) is 11.4 Å². The number of rotatable bonds is 7. The quantitative estimate of drug-likeness (QED) is 0.349. The number of benzene rings is 3. The maximum atomic E-state index is 13.3. The molecule has 1 aromatic heterocycles. The first kappa shape index (κ1) is 24.6. The maximum absolute atomic E-state index is 13.3. The summed E-state index contributed by atoms with van der Waals surface area (Å²) in [6, 6.07) is 17.4. The van der Waals surface area contributed by atoms with E-state index in [1.807, 2.05) is 38.1 Å². The third-order valence-corrected chi connectivity index (χ3v) is 8.72. The van der Waals surface area contributed by atoms with E-state index in [1.54, 1.807) is 24.3 Å². The second kappa shape index (κ2) is 9.59. The van der Waals surface area contributed by atoms with Crippen LogP contribution in [0.3, 0.4) is 0 Å². The zero-order valence-corrected chi connectivity index (χ0v) is 21.7. The van der Waals surface area contributed by atoms with Gasteiger partial charge in [-0.15, -0.1) is 11.3 Å². The number of aryl methyl sites for hydroxylation is 2. The van der Waals surface area contributed by atoms with Crippen LogP contribution < -0.4 is 19.1 Å². The van der Waals surface area contributed by atoms with Crippen LogP contribution in [0.2, 0.25) is 0 Å². The van der Waals surface area contributed by atoms with Gasteiger partial charge in [0.05, 0.1) is 29.7 Å². The van der Waals surface area contributed by atoms with Crippen LogP contribution in [0, 0.1) is 13.8 Å². The van der Waals surface area contributed by atoms with Crippen molar-refractivity contribution >= 4 is 48.7 Å². The zero-order chi connectivity index (χ0) is 25.3. The molecule has 0 aliphatic heterocycles. The first-order valence-corrected chi connectivity index (χ1v) is 13.0. The van der Waals surface area contributed by atoms with Gasteiger partial charge in [0.2, 0.25) is 0 Å². The number of para-hydroxylation sites is 1. The zero-order valence-electron chi connectivity index (χ0n) is 20.1. The molecule has 0 bridgehead atoms. The molecule has 0 saturated heterocycles. The normalized spacial score (nSPS) is 11.3. The van der Waals surface area contributed by atoms with E-state index in [4.69, 9.17) is 9.47 Å². The summed E-state index contributed by atoms with van der Waals surface area (Å²) < 4.78 is 39.1. The fourth-order valence-corrected chi connectivity index (χ4v) is 5.94. The van der Waals surface area contributed by atoms with Crippen molar-refractivity contribution in [3.05, 3.63) is 76.7 Å². The molecule has 1 N–H and O–H groups in total. The van der Waals surface area contributed by atoms with Crippen molar-refractivity contribution in [2.24, 2.45) is 0 Å². The van der Waals surface area contributed by atoms with E-state index in [2.05, 4.69) is 5.32 Å². The van der Waals surface area contributed by atoms with E-state index in [9.17, 15) is 13.2 Å². The molecule has 0 fully saturated rings. The van der Waals surface area contributed by atoms with Crippen molar-refractivity contribution in [3.8, 4) is 11.5 Å². The van der Waals surface area contributed by atoms with Gasteiger partial charge in [-0.1, -0.05) is 18.2 Å². The van der Waals surface area contributed by atoms with Crippen molar-refractivity contribution in [2.75, 3.05) is 30.9 Å². The largest absolute Gasteiger partial charge is 0.493 e. The van der Waals surface area contributed by atoms with Gasteiger partial charge in [0, 0.05) is 23.5 Å². The van der Waals surface area contributed by atoms with Gasteiger partial charge in [0.1, 0.15) is 0 Å². The summed E-state index contributed by atoms with van der Waals surface area (Å²) >= 11 is 1.36. The molecule has 0 aliphatic rings. The summed E-state index contributed by atoms with van der Waals surface area (Å²) in [6.45, 7) is 3.91. The number of thiophene rings is 1. The van der Waals surface area contributed by atoms with Crippen LogP contribution in [0.1, 0.15) is 20.8 Å². The molecule has 0 saturated carbocycles. The van der Waals surface area contributed by atoms with E-state index in [1.165, 1.54) is 49.0 Å². The van der Waals surface area contributed by atoms with Crippen LogP contribution in [0.15, 0.2) is 65.6 Å². The number of nitrogens with one attached hydrogen (secondary N) is 1. The summed E-state index contributed by atoms with van der Waals surface area (Å²) in [6.07, 6.45) is 0. The average molecular weight is 511 g/mol. The van der Waals surface area contributed by atoms with Crippen LogP contribution in [0.5, 0.6) is 11.5 Å². The minimum Gasteiger partial charge on any atom is -0.493 e. The minimum absolute atomic E-state index is 0.0803. The van der Waals surface area contributed by atoms with Crippen LogP contribution in [0.25, 0.3) is 10.1 Å². The number of ether oxygens (including phenoxy) is 2. The standard InChI is InChI=1S/C26H26N2O5S2/c1-16-7-6-8-17(2)25(16)27-26(29)24-14-18-13-19(9-12-23(18)34-24)28(3)35(30,31)20-10-11-21(32-4)22(15-20)33-5/h6-15H,1-5H3,(H,27,29). The van der Waals surface area contributed by atoms with Crippen molar-refractivity contribution < 1.29 is 22.7 Å². The third-order valence-electron chi connectivity index (χ3n) is 5.82. The molecule has 0 spiro atoms. The number of nitrogens with zero attached hydrogens (tertiary/aromatic N) is 1. The topological polar surface area (TPSA) is 84.9 Å². The first-order valence-electron chi connectivity index (χ1n) is 10.8. The molecule has 9 heteroatoms. The molecule has 1 heterocycles. The summed E-state index contributed by atoms with van der Waals surface area (Å²) in [7, 11) is 0.584. The Hall–Kier alpha value is -3.56. The highest BCUT2D eigenvalue weighted by Gasteiger charge is 2.24. The average Bonchev–Trinajstić information content (AvgIpc) is 3.29. The molecule has 1 amide bonds. The number of hydrogen-bond donors (Lipinski definition) is 1. The molecule has 0 unspecified atom stereocenters. The van der Waals surface area contributed by atoms with Gasteiger partial charge in [0.25, 0.3) is 15.9 Å². The molecule has 3 aromatic carbocycles. The number of sulfonamides is 1. The number of carbonyl (C=O) groups is 1. The van der Waals surface area contributed by atoms with Crippen molar-refractivity contribution in [2.45, 2.75) is 18.7 Å². The van der Waals surface area contributed by atoms with Gasteiger partial charge < -0.3 is 14.8 Å². The SMILES string of the molecule is COc1ccc(S(=O)(=O)N(C)c2ccc3sc(C(=O)Nc4c(C)cccc4C)cc3c2)cc1OC. The van der Waals surface area contributed by atoms with E-state index >= 15 is 0 Å². The van der Waals surface area contributed by atoms with Crippen molar-refractivity contribution in [1.29, 1.82) is 0 Å². The minimum atomic E-state index is -3.86. The molecule has 182 valence electrons. The van der Waals surface area contributed by atoms with Crippen LogP contribution >= 0.6 is 11.3 Å². The van der Waals surface area contributed by atoms with Gasteiger partial charge in [-0.3, -0.25) is 9.10 Å². The molecule has 4 aromatic rings. The molecule has 0 aliphatic carbocycles. The van der Waals surface area contributed by atoms with Gasteiger partial charge in [-0.2, -0.15) is 0 Å². The number of methoxy groups -OCH3 is 2. The van der Waals surface area contributed by atoms with Gasteiger partial charge >= 0.3 is 0 Å². The monoisotopic (exact) mass is 510 g/mol. The smallest absolute Gasteiger partial charge is 0.265 e. The van der Waals surface area contributed by atoms with Crippen molar-refractivity contribution in [3.63, 3.8) is 0 Å². The van der Waals surface area contributed by atoms with E-state index in [0.29, 0.717) is 22.1 Å². The van der Waals surface area contributed by atoms with Gasteiger partial charge in [-0.05, 0) is 66.8 Å². The Labute approximate surface area is 209 Å². The first-order chi connectivity index (χ1) is 16.6. The highest BCUT2D eigenvalue weighted by atomic mass is 32.2. The molecule has 4 rings (SSSR count). The van der Waals surface area contributed by atoms with E-state index in [0.717, 1.165) is 26.9 Å². The molecular formula is C26H26N2O5S2. The maximum Gasteiger partial charge on any atom is 0.265 e. The predicted octanol–water partition coefficient (Wildman–Crippen LogP) is 5.61. The van der Waals surface area contributed by atoms with Gasteiger partial charge in [-0.25, -0.2) is 8.42 Å². The Bertz CT molecular complexity index is 1510. The highest BCUT2D eigenvalue weighted by molar-refractivity contribution is 7.92. The Morgan fingerprint density at radius 3 is 2.26 bits per heavy atom. The number of anilines is 2. The fourth-order valence-electron chi connectivity index (χ4n) is 3.80. The molecule has 7 nitrogen and oxygen atoms in total. The molecule has 0 radical (unpaired) electrons. The van der Waals surface area contributed by atoms with Crippen molar-refractivity contribution in [1.82, 2.24) is 0 Å². The fraction of sp³-hybridized carbons (Fsp3) is 0.192. The lowest BCUT2D eigenvalue weighted by Crippen LogP contribution is -2.26. The molecule has 35 heavy (non-hydrogen) atoms. The lowest BCUT2D eigenvalue weighted by Gasteiger charge is -2.20. The van der Waals surface area contributed by atoms with Gasteiger partial charge in [0.15, 0.2) is 11.5 Å². The number of fused-ring (bicyclic) bond motifs is 1. The Kier molecular flexibility index (Phi) is 6.73. The summed E-state index contributed by atoms with van der Waals surface area (Å²) in [4.78, 5) is 13.6. The number of carbonyl (C=O) groups excluding carboxylic acids is 1. The third kappa shape index (κ3) is 4.69. The second-order valence-corrected chi connectivity index (χ2v) is 11.1. The molecular weight excluding hydrogens is 484 g/mol. The summed E-state index contributed by atoms with van der Waals surface area (Å²) in [5.74, 6) is 0.576. The Balaban J connectivity index is 1.63. The van der Waals surface area contributed by atoms with E-state index in [-0.39, 0.29) is 10.8 Å². The molecule has 0 atom stereocenters. The Morgan fingerprint density at radius 2 is 1.60 bits per heavy atom. The number of hydrogen-bond acceptors (Lipinski definition) is 6. The summed E-state index contributed by atoms with van der Waals surface area (Å²) in [5.41, 5.74) is 3.26. The summed E-state index contributed by atoms with van der Waals surface area (Å²) in [5, 5.41) is 3.79. The number of amides is 1. The lowest BCUT2D eigenvalue weighted by molar-refractivity contribution is 0.103. The highest BCUT2D eigenvalue weighted by Crippen LogP contribution is 2.34. The Morgan fingerprint density at radius 1 is 0.914 bits per heavy atom. The lowest BCUT2D eigenvalue weighted by atomic mass is 10.1. The van der Waals surface area contributed by atoms with Crippen LogP contribution in [-0.2, 0) is 10.0 Å². The second-order valence-electron chi connectivity index (χ2n) is 8.04. The van der Waals surface area contributed by atoms with E-state index < -0.39 is 10.0 Å². The predicted molar refractivity (Wildman–Crippen MR) is 141 cm³/mol. The van der Waals surface area contributed by atoms with Crippen LogP contribution in [-0.4, -0.2) is 35.6 Å².